The number of aryl methyl sites for hydroxylation is 1. The molecule has 10 nitrogen and oxygen atoms in total. The summed E-state index contributed by atoms with van der Waals surface area (Å²) < 4.78 is 17.0. The Morgan fingerprint density at radius 1 is 0.974 bits per heavy atom. The Kier molecular flexibility index (Phi) is 10.7. The summed E-state index contributed by atoms with van der Waals surface area (Å²) in [6, 6.07) is 15.2. The number of benzene rings is 3. The highest BCUT2D eigenvalue weighted by Crippen LogP contribution is 2.36. The van der Waals surface area contributed by atoms with Gasteiger partial charge in [0.2, 0.25) is 0 Å². The van der Waals surface area contributed by atoms with Crippen molar-refractivity contribution in [3.05, 3.63) is 75.2 Å². The molecule has 0 saturated heterocycles. The molecule has 0 spiro atoms. The Hall–Kier alpha value is -4.09. The third-order valence-electron chi connectivity index (χ3n) is 5.09. The van der Waals surface area contributed by atoms with Gasteiger partial charge in [-0.25, -0.2) is 5.43 Å². The van der Waals surface area contributed by atoms with Crippen LogP contribution < -0.4 is 30.3 Å². The fraction of sp³-hybridized carbons (Fsp3) is 0.185. The molecule has 0 aliphatic carbocycles. The molecule has 0 aliphatic heterocycles. The second-order valence-electron chi connectivity index (χ2n) is 7.91. The fourth-order valence-electron chi connectivity index (χ4n) is 3.25. The van der Waals surface area contributed by atoms with E-state index in [-0.39, 0.29) is 12.5 Å². The van der Waals surface area contributed by atoms with Crippen molar-refractivity contribution in [2.45, 2.75) is 13.8 Å². The number of methoxy groups -OCH3 is 1. The number of rotatable bonds is 10. The predicted octanol–water partition coefficient (Wildman–Crippen LogP) is 4.92. The van der Waals surface area contributed by atoms with E-state index >= 15 is 0 Å². The first kappa shape index (κ1) is 29.5. The van der Waals surface area contributed by atoms with Crippen LogP contribution in [0.1, 0.15) is 18.1 Å². The van der Waals surface area contributed by atoms with Gasteiger partial charge in [-0.15, -0.1) is 0 Å². The summed E-state index contributed by atoms with van der Waals surface area (Å²) in [7, 11) is 1.44. The zero-order valence-corrected chi connectivity index (χ0v) is 23.7. The van der Waals surface area contributed by atoms with Gasteiger partial charge in [-0.3, -0.25) is 14.4 Å². The van der Waals surface area contributed by atoms with Gasteiger partial charge >= 0.3 is 11.8 Å². The van der Waals surface area contributed by atoms with E-state index in [1.807, 2.05) is 13.8 Å². The Morgan fingerprint density at radius 2 is 1.74 bits per heavy atom. The standard InChI is InChI=1S/C27H26BrClN4O6/c1-4-38-22-8-6-5-7-20(22)32-26(35)27(36)33-30-14-17-11-19(28)25(23(12-17)37-3)39-15-24(34)31-21-13-18(29)10-9-16(21)2/h5-14H,4,15H2,1-3H3,(H,31,34)(H,32,35)(H,33,36)/b30-14-. The SMILES string of the molecule is CCOc1ccccc1NC(=O)C(=O)N/N=C\c1cc(Br)c(OCC(=O)Nc2cc(Cl)ccc2C)c(OC)c1. The van der Waals surface area contributed by atoms with Gasteiger partial charge in [-0.2, -0.15) is 5.10 Å². The van der Waals surface area contributed by atoms with E-state index in [1.54, 1.807) is 54.6 Å². The molecule has 12 heteroatoms. The van der Waals surface area contributed by atoms with E-state index < -0.39 is 11.8 Å². The lowest BCUT2D eigenvalue weighted by atomic mass is 10.2. The van der Waals surface area contributed by atoms with Crippen molar-refractivity contribution >= 4 is 62.8 Å². The molecule has 3 aromatic rings. The number of nitrogens with zero attached hydrogens (tertiary/aromatic N) is 1. The van der Waals surface area contributed by atoms with Crippen LogP contribution in [0.5, 0.6) is 17.2 Å². The van der Waals surface area contributed by atoms with Gasteiger partial charge in [-0.1, -0.05) is 29.8 Å². The van der Waals surface area contributed by atoms with Crippen LogP contribution in [0.2, 0.25) is 5.02 Å². The van der Waals surface area contributed by atoms with Crippen LogP contribution in [0.4, 0.5) is 11.4 Å². The lowest BCUT2D eigenvalue weighted by Gasteiger charge is -2.14. The topological polar surface area (TPSA) is 127 Å². The second kappa shape index (κ2) is 14.2. The summed E-state index contributed by atoms with van der Waals surface area (Å²) in [5.41, 5.74) is 4.50. The summed E-state index contributed by atoms with van der Waals surface area (Å²) in [5, 5.41) is 9.58. The number of carbonyl (C=O) groups is 3. The molecule has 3 rings (SSSR count). The summed E-state index contributed by atoms with van der Waals surface area (Å²) in [5.74, 6) is -1.21. The zero-order valence-electron chi connectivity index (χ0n) is 21.3. The molecular weight excluding hydrogens is 592 g/mol. The van der Waals surface area contributed by atoms with Gasteiger partial charge in [0, 0.05) is 10.7 Å². The van der Waals surface area contributed by atoms with Crippen molar-refractivity contribution < 1.29 is 28.6 Å². The molecule has 0 aromatic heterocycles. The van der Waals surface area contributed by atoms with E-state index in [9.17, 15) is 14.4 Å². The fourth-order valence-corrected chi connectivity index (χ4v) is 4.00. The smallest absolute Gasteiger partial charge is 0.329 e. The molecule has 3 amide bonds. The number of para-hydroxylation sites is 2. The van der Waals surface area contributed by atoms with Crippen molar-refractivity contribution in [3.8, 4) is 17.2 Å². The number of hydrogen-bond donors (Lipinski definition) is 3. The van der Waals surface area contributed by atoms with Crippen LogP contribution in [0.15, 0.2) is 64.2 Å². The summed E-state index contributed by atoms with van der Waals surface area (Å²) in [4.78, 5) is 36.9. The Labute approximate surface area is 238 Å². The maximum Gasteiger partial charge on any atom is 0.329 e. The third kappa shape index (κ3) is 8.45. The number of halogens is 2. The first-order valence-corrected chi connectivity index (χ1v) is 12.8. The molecule has 0 fully saturated rings. The van der Waals surface area contributed by atoms with Crippen LogP contribution in [0.3, 0.4) is 0 Å². The van der Waals surface area contributed by atoms with E-state index in [4.69, 9.17) is 25.8 Å². The third-order valence-corrected chi connectivity index (χ3v) is 5.92. The van der Waals surface area contributed by atoms with E-state index in [2.05, 4.69) is 37.1 Å². The van der Waals surface area contributed by atoms with Crippen molar-refractivity contribution in [3.63, 3.8) is 0 Å². The number of carbonyl (C=O) groups excluding carboxylic acids is 3. The number of nitrogens with one attached hydrogen (secondary N) is 3. The quantitative estimate of drug-likeness (QED) is 0.168. The van der Waals surface area contributed by atoms with E-state index in [0.29, 0.717) is 50.3 Å². The van der Waals surface area contributed by atoms with Gasteiger partial charge in [0.1, 0.15) is 5.75 Å². The number of anilines is 2. The first-order valence-electron chi connectivity index (χ1n) is 11.6. The van der Waals surface area contributed by atoms with Crippen LogP contribution in [0.25, 0.3) is 0 Å². The molecule has 0 unspecified atom stereocenters. The first-order chi connectivity index (χ1) is 18.7. The minimum atomic E-state index is -0.968. The number of ether oxygens (including phenoxy) is 3. The van der Waals surface area contributed by atoms with E-state index in [1.165, 1.54) is 13.3 Å². The minimum absolute atomic E-state index is 0.286. The highest BCUT2D eigenvalue weighted by Gasteiger charge is 2.16. The molecule has 0 heterocycles. The van der Waals surface area contributed by atoms with Crippen LogP contribution in [-0.4, -0.2) is 44.3 Å². The van der Waals surface area contributed by atoms with Gasteiger partial charge in [0.15, 0.2) is 18.1 Å². The molecule has 3 aromatic carbocycles. The van der Waals surface area contributed by atoms with Gasteiger partial charge in [0.05, 0.1) is 30.1 Å². The van der Waals surface area contributed by atoms with Crippen molar-refractivity contribution in [2.75, 3.05) is 31.0 Å². The van der Waals surface area contributed by atoms with Crippen molar-refractivity contribution in [1.82, 2.24) is 5.43 Å². The van der Waals surface area contributed by atoms with Crippen molar-refractivity contribution in [2.24, 2.45) is 5.10 Å². The summed E-state index contributed by atoms with van der Waals surface area (Å²) in [6.07, 6.45) is 1.32. The maximum absolute atomic E-state index is 12.4. The highest BCUT2D eigenvalue weighted by molar-refractivity contribution is 9.10. The predicted molar refractivity (Wildman–Crippen MR) is 153 cm³/mol. The Balaban J connectivity index is 1.60. The molecule has 0 atom stereocenters. The van der Waals surface area contributed by atoms with E-state index in [0.717, 1.165) is 5.56 Å². The van der Waals surface area contributed by atoms with Gasteiger partial charge in [0.25, 0.3) is 5.91 Å². The molecule has 204 valence electrons. The number of hydrazone groups is 1. The van der Waals surface area contributed by atoms with Gasteiger partial charge in [-0.05, 0) is 77.3 Å². The van der Waals surface area contributed by atoms with Crippen LogP contribution in [0, 0.1) is 6.92 Å². The van der Waals surface area contributed by atoms with Gasteiger partial charge < -0.3 is 24.8 Å². The molecular formula is C27H26BrClN4O6. The molecule has 0 saturated carbocycles. The molecule has 3 N–H and O–H groups in total. The molecule has 39 heavy (non-hydrogen) atoms. The summed E-state index contributed by atoms with van der Waals surface area (Å²) >= 11 is 9.40. The highest BCUT2D eigenvalue weighted by atomic mass is 79.9. The van der Waals surface area contributed by atoms with Crippen LogP contribution in [-0.2, 0) is 14.4 Å². The monoisotopic (exact) mass is 616 g/mol. The normalized spacial score (nSPS) is 10.6. The molecule has 0 bridgehead atoms. The number of hydrogen-bond acceptors (Lipinski definition) is 7. The lowest BCUT2D eigenvalue weighted by molar-refractivity contribution is -0.136. The maximum atomic E-state index is 12.4. The molecule has 0 radical (unpaired) electrons. The van der Waals surface area contributed by atoms with Crippen LogP contribution >= 0.6 is 27.5 Å². The average Bonchev–Trinajstić information content (AvgIpc) is 2.91. The average molecular weight is 618 g/mol. The van der Waals surface area contributed by atoms with Crippen molar-refractivity contribution in [1.29, 1.82) is 0 Å². The second-order valence-corrected chi connectivity index (χ2v) is 9.20. The largest absolute Gasteiger partial charge is 0.493 e. The lowest BCUT2D eigenvalue weighted by Crippen LogP contribution is -2.32. The zero-order chi connectivity index (χ0) is 28.4. The summed E-state index contributed by atoms with van der Waals surface area (Å²) in [6.45, 7) is 3.78. The Morgan fingerprint density at radius 3 is 2.49 bits per heavy atom. The molecule has 0 aliphatic rings. The Bertz CT molecular complexity index is 1400. The number of amides is 3. The minimum Gasteiger partial charge on any atom is -0.493 e.